The molecule has 0 bridgehead atoms. The third-order valence-corrected chi connectivity index (χ3v) is 5.04. The first-order chi connectivity index (χ1) is 15.9. The van der Waals surface area contributed by atoms with Crippen molar-refractivity contribution in [1.29, 1.82) is 0 Å². The molecule has 1 heterocycles. The molecule has 0 saturated heterocycles. The van der Waals surface area contributed by atoms with Crippen LogP contribution >= 0.6 is 0 Å². The number of hydrogen-bond acceptors (Lipinski definition) is 6. The van der Waals surface area contributed by atoms with Gasteiger partial charge in [0.1, 0.15) is 5.75 Å². The average Bonchev–Trinajstić information content (AvgIpc) is 3.07. The number of rotatable bonds is 8. The summed E-state index contributed by atoms with van der Waals surface area (Å²) in [4.78, 5) is 36.9. The fourth-order valence-corrected chi connectivity index (χ4v) is 3.60. The summed E-state index contributed by atoms with van der Waals surface area (Å²) in [6.45, 7) is 5.98. The lowest BCUT2D eigenvalue weighted by atomic mass is 10.1. The Labute approximate surface area is 191 Å². The minimum absolute atomic E-state index is 0.0592. The predicted octanol–water partition coefficient (Wildman–Crippen LogP) is 3.94. The highest BCUT2D eigenvalue weighted by molar-refractivity contribution is 6.16. The number of hydrogen-bond donors (Lipinski definition) is 2. The van der Waals surface area contributed by atoms with Crippen LogP contribution in [0.25, 0.3) is 10.9 Å². The smallest absolute Gasteiger partial charge is 0.340 e. The van der Waals surface area contributed by atoms with Crippen molar-refractivity contribution in [3.8, 4) is 5.75 Å². The second kappa shape index (κ2) is 10.5. The lowest BCUT2D eigenvalue weighted by Crippen LogP contribution is -2.11. The Morgan fingerprint density at radius 3 is 2.36 bits per heavy atom. The molecule has 0 atom stereocenters. The van der Waals surface area contributed by atoms with E-state index in [1.807, 2.05) is 34.9 Å². The fourth-order valence-electron chi connectivity index (χ4n) is 3.60. The van der Waals surface area contributed by atoms with Crippen LogP contribution in [-0.4, -0.2) is 40.7 Å². The largest absolute Gasteiger partial charge is 0.506 e. The van der Waals surface area contributed by atoms with E-state index < -0.39 is 17.8 Å². The predicted molar refractivity (Wildman–Crippen MR) is 124 cm³/mol. The number of anilines is 1. The average molecular weight is 450 g/mol. The number of ether oxygens (including phenoxy) is 2. The van der Waals surface area contributed by atoms with Crippen LogP contribution in [0, 0.1) is 6.92 Å². The van der Waals surface area contributed by atoms with Crippen molar-refractivity contribution in [3.05, 3.63) is 71.4 Å². The molecule has 172 valence electrons. The minimum atomic E-state index is -0.660. The standard InChI is InChI=1S/C25H26N2O6/c1-4-32-21(30)14-13-20(29)26-24-19(28)12-11-18-23(24)22(25(31)33-5-2)16(3)27(18)15-17-9-7-6-8-10-17/h6-14,28H,4-5,15H2,1-3H3,(H,26,29)/b14-13+. The molecular weight excluding hydrogens is 424 g/mol. The van der Waals surface area contributed by atoms with E-state index in [1.54, 1.807) is 26.8 Å². The number of phenols is 1. The van der Waals surface area contributed by atoms with Gasteiger partial charge in [0.15, 0.2) is 0 Å². The maximum atomic E-state index is 12.9. The van der Waals surface area contributed by atoms with Gasteiger partial charge in [0.25, 0.3) is 0 Å². The molecule has 0 unspecified atom stereocenters. The van der Waals surface area contributed by atoms with E-state index in [-0.39, 0.29) is 30.2 Å². The van der Waals surface area contributed by atoms with Gasteiger partial charge in [-0.1, -0.05) is 30.3 Å². The van der Waals surface area contributed by atoms with Crippen LogP contribution in [0.1, 0.15) is 35.5 Å². The molecule has 0 radical (unpaired) electrons. The lowest BCUT2D eigenvalue weighted by molar-refractivity contribution is -0.137. The first-order valence-corrected chi connectivity index (χ1v) is 10.6. The molecule has 1 aromatic heterocycles. The minimum Gasteiger partial charge on any atom is -0.506 e. The van der Waals surface area contributed by atoms with Crippen molar-refractivity contribution in [2.24, 2.45) is 0 Å². The van der Waals surface area contributed by atoms with Gasteiger partial charge in [-0.3, -0.25) is 4.79 Å². The van der Waals surface area contributed by atoms with E-state index in [1.165, 1.54) is 6.07 Å². The summed E-state index contributed by atoms with van der Waals surface area (Å²) in [6.07, 6.45) is 2.00. The first kappa shape index (κ1) is 23.6. The van der Waals surface area contributed by atoms with Crippen LogP contribution in [-0.2, 0) is 25.6 Å². The summed E-state index contributed by atoms with van der Waals surface area (Å²) >= 11 is 0. The van der Waals surface area contributed by atoms with Crippen molar-refractivity contribution in [3.63, 3.8) is 0 Å². The molecule has 1 amide bonds. The Hall–Kier alpha value is -4.07. The van der Waals surface area contributed by atoms with Crippen molar-refractivity contribution < 1.29 is 29.0 Å². The molecule has 0 spiro atoms. The van der Waals surface area contributed by atoms with Crippen LogP contribution in [0.2, 0.25) is 0 Å². The summed E-state index contributed by atoms with van der Waals surface area (Å²) in [6, 6.07) is 12.9. The van der Waals surface area contributed by atoms with Crippen molar-refractivity contribution >= 4 is 34.4 Å². The van der Waals surface area contributed by atoms with E-state index in [0.717, 1.165) is 17.7 Å². The highest BCUT2D eigenvalue weighted by atomic mass is 16.5. The number of aromatic hydroxyl groups is 1. The van der Waals surface area contributed by atoms with Crippen molar-refractivity contribution in [2.45, 2.75) is 27.3 Å². The number of carbonyl (C=O) groups excluding carboxylic acids is 3. The van der Waals surface area contributed by atoms with Gasteiger partial charge in [-0.05, 0) is 38.5 Å². The highest BCUT2D eigenvalue weighted by Crippen LogP contribution is 2.38. The van der Waals surface area contributed by atoms with Crippen LogP contribution in [0.15, 0.2) is 54.6 Å². The molecular formula is C25H26N2O6. The molecule has 0 aliphatic rings. The Morgan fingerprint density at radius 1 is 1.00 bits per heavy atom. The van der Waals surface area contributed by atoms with Gasteiger partial charge >= 0.3 is 11.9 Å². The second-order valence-electron chi connectivity index (χ2n) is 7.18. The molecule has 0 aliphatic carbocycles. The van der Waals surface area contributed by atoms with Gasteiger partial charge in [-0.2, -0.15) is 0 Å². The van der Waals surface area contributed by atoms with Crippen molar-refractivity contribution in [2.75, 3.05) is 18.5 Å². The molecule has 0 fully saturated rings. The third-order valence-electron chi connectivity index (χ3n) is 5.04. The van der Waals surface area contributed by atoms with Crippen molar-refractivity contribution in [1.82, 2.24) is 4.57 Å². The van der Waals surface area contributed by atoms with Crippen LogP contribution in [0.5, 0.6) is 5.75 Å². The van der Waals surface area contributed by atoms with E-state index in [0.29, 0.717) is 23.1 Å². The number of fused-ring (bicyclic) bond motifs is 1. The van der Waals surface area contributed by atoms with Crippen LogP contribution in [0.4, 0.5) is 5.69 Å². The molecule has 3 aromatic rings. The fraction of sp³-hybridized carbons (Fsp3) is 0.240. The number of nitrogens with one attached hydrogen (secondary N) is 1. The number of carbonyl (C=O) groups is 3. The molecule has 8 heteroatoms. The van der Waals surface area contributed by atoms with E-state index in [9.17, 15) is 19.5 Å². The Morgan fingerprint density at radius 2 is 1.70 bits per heavy atom. The summed E-state index contributed by atoms with van der Waals surface area (Å²) in [5.74, 6) is -2.10. The Balaban J connectivity index is 2.12. The van der Waals surface area contributed by atoms with Crippen LogP contribution < -0.4 is 5.32 Å². The zero-order valence-electron chi connectivity index (χ0n) is 18.8. The molecule has 0 aliphatic heterocycles. The van der Waals surface area contributed by atoms with Gasteiger partial charge < -0.3 is 24.5 Å². The van der Waals surface area contributed by atoms with E-state index >= 15 is 0 Å². The number of phenolic OH excluding ortho intramolecular Hbond substituents is 1. The Bertz CT molecular complexity index is 1210. The quantitative estimate of drug-likeness (QED) is 0.306. The normalized spacial score (nSPS) is 11.0. The topological polar surface area (TPSA) is 107 Å². The maximum Gasteiger partial charge on any atom is 0.340 e. The molecule has 3 rings (SSSR count). The molecule has 2 aromatic carbocycles. The number of nitrogens with zero attached hydrogens (tertiary/aromatic N) is 1. The zero-order chi connectivity index (χ0) is 24.0. The lowest BCUT2D eigenvalue weighted by Gasteiger charge is -2.10. The Kier molecular flexibility index (Phi) is 7.50. The van der Waals surface area contributed by atoms with Gasteiger partial charge in [0.2, 0.25) is 5.91 Å². The third kappa shape index (κ3) is 5.23. The van der Waals surface area contributed by atoms with Gasteiger partial charge in [-0.25, -0.2) is 9.59 Å². The summed E-state index contributed by atoms with van der Waals surface area (Å²) in [5.41, 5.74) is 2.61. The summed E-state index contributed by atoms with van der Waals surface area (Å²) < 4.78 is 12.0. The van der Waals surface area contributed by atoms with Crippen LogP contribution in [0.3, 0.4) is 0 Å². The van der Waals surface area contributed by atoms with Gasteiger partial charge in [-0.15, -0.1) is 0 Å². The summed E-state index contributed by atoms with van der Waals surface area (Å²) in [7, 11) is 0. The number of amides is 1. The SMILES string of the molecule is CCOC(=O)/C=C/C(=O)Nc1c(O)ccc2c1c(C(=O)OCC)c(C)n2Cc1ccccc1. The summed E-state index contributed by atoms with van der Waals surface area (Å²) in [5, 5.41) is 13.5. The maximum absolute atomic E-state index is 12.9. The van der Waals surface area contributed by atoms with E-state index in [4.69, 9.17) is 9.47 Å². The second-order valence-corrected chi connectivity index (χ2v) is 7.18. The monoisotopic (exact) mass is 450 g/mol. The molecule has 33 heavy (non-hydrogen) atoms. The molecule has 0 saturated carbocycles. The zero-order valence-corrected chi connectivity index (χ0v) is 18.8. The molecule has 2 N–H and O–H groups in total. The van der Waals surface area contributed by atoms with Gasteiger partial charge in [0.05, 0.1) is 30.0 Å². The van der Waals surface area contributed by atoms with Gasteiger partial charge in [0, 0.05) is 29.8 Å². The van der Waals surface area contributed by atoms with E-state index in [2.05, 4.69) is 5.32 Å². The first-order valence-electron chi connectivity index (χ1n) is 10.6. The highest BCUT2D eigenvalue weighted by Gasteiger charge is 2.25. The molecule has 8 nitrogen and oxygen atoms in total. The number of esters is 2. The number of benzene rings is 2. The number of aromatic nitrogens is 1.